The second-order valence-electron chi connectivity index (χ2n) is 25.3. The Morgan fingerprint density at radius 3 is 1.25 bits per heavy atom. The Morgan fingerprint density at radius 2 is 0.746 bits per heavy atom. The predicted octanol–water partition coefficient (Wildman–Crippen LogP) is 25.4. The van der Waals surface area contributed by atoms with Crippen molar-refractivity contribution in [3.8, 4) is 22.9 Å². The first-order valence-electron chi connectivity index (χ1n) is 44.6. The Morgan fingerprint density at radius 1 is 0.320 bits per heavy atom. The zero-order chi connectivity index (χ0) is 92.5. The summed E-state index contributed by atoms with van der Waals surface area (Å²) in [7, 11) is 11.8. The molecule has 0 fully saturated rings. The molecule has 0 saturated carbocycles. The molecule has 0 amide bonds. The van der Waals surface area contributed by atoms with Crippen molar-refractivity contribution in [2.75, 3.05) is 0 Å². The van der Waals surface area contributed by atoms with Crippen LogP contribution in [0.1, 0.15) is 222 Å². The fraction of sp³-hybridized carbons (Fsp3) is 0.392. The van der Waals surface area contributed by atoms with Gasteiger partial charge in [-0.25, -0.2) is 4.98 Å². The lowest BCUT2D eigenvalue weighted by Crippen LogP contribution is -2.41. The number of furan rings is 1. The molecule has 18 aromatic rings. The van der Waals surface area contributed by atoms with Crippen molar-refractivity contribution in [1.29, 1.82) is 0 Å². The summed E-state index contributed by atoms with van der Waals surface area (Å²) in [6.07, 6.45) is 18.2. The van der Waals surface area contributed by atoms with Gasteiger partial charge in [-0.05, 0) is 174 Å². The lowest BCUT2D eigenvalue weighted by molar-refractivity contribution is -0.691. The standard InChI is InChI=1S/C21H24N3.C17H17N4.C16H14N3O.C16H14N3S.C8H10N5.12C2H6/c1-11-9-8-10-17-18-14(4)12(2)13(3)15(5)19(18)21-16(6)22-23(7)24(21)20(11)17;1-12-10-14-13-6-4-5-7-15(13)19(2)17(14)11-16(12)21-9-8-18-20(21)3;2*1-11-9-13-12-5-3-4-6-15(12)20-16(13)10-14(11)19-8-7-17-18(19)2;1-7-5-9-6-10-8(7)13-4-3-11-12(13)2;12*1-2/h8-10H,1-7H3;4-11H,1-3H3;2*3-10H,1-2H3;3-6H,1-2H3;12*1-2H3/q5*+1;;;;;;;;;;;;. The smallest absolute Gasteiger partial charge is 0.290 e. The number of aromatic nitrogens is 18. The van der Waals surface area contributed by atoms with E-state index in [2.05, 4.69) is 227 Å². The Labute approximate surface area is 735 Å². The van der Waals surface area contributed by atoms with Gasteiger partial charge in [0.05, 0.1) is 40.8 Å². The van der Waals surface area contributed by atoms with Gasteiger partial charge in [0, 0.05) is 128 Å². The van der Waals surface area contributed by atoms with E-state index >= 15 is 0 Å². The van der Waals surface area contributed by atoms with Gasteiger partial charge in [0.1, 0.15) is 17.4 Å². The van der Waals surface area contributed by atoms with Gasteiger partial charge in [-0.15, -0.1) is 34.6 Å². The van der Waals surface area contributed by atoms with Crippen molar-refractivity contribution >= 4 is 102 Å². The quantitative estimate of drug-likeness (QED) is 0.125. The topological polar surface area (TPSA) is 153 Å². The minimum absolute atomic E-state index is 0.856. The van der Waals surface area contributed by atoms with Crippen LogP contribution in [0.5, 0.6) is 0 Å². The molecule has 20 heteroatoms. The first-order chi connectivity index (χ1) is 59.3. The SMILES string of the molecule is CC.CC.CC.CC.CC.CC.CC.CC.CC.CC.CC.CC.Cc1c(C)c(C)c2c(c1C)c1cccc(C)c1[n+]1c2c(C)nn1C.Cc1cc2c(cc1-[n+]1ccnn1C)oc1ccccc12.Cc1cc2c(cc1-[n+]1ccnn1C)sc1ccccc12.Cc1cc2c3ccccc3n(C)c2cc1-[n+]1ccnn1C.Cc1cncnc1-[n+]1ccnn1C. The summed E-state index contributed by atoms with van der Waals surface area (Å²) in [4.78, 5) is 17.3. The van der Waals surface area contributed by atoms with Gasteiger partial charge in [-0.3, -0.25) is 0 Å². The van der Waals surface area contributed by atoms with Gasteiger partial charge in [-0.1, -0.05) is 243 Å². The van der Waals surface area contributed by atoms with Crippen molar-refractivity contribution in [3.63, 3.8) is 0 Å². The Hall–Kier alpha value is -11.6. The van der Waals surface area contributed by atoms with Crippen LogP contribution in [0.4, 0.5) is 0 Å². The summed E-state index contributed by atoms with van der Waals surface area (Å²) in [6.45, 7) is 69.7. The minimum atomic E-state index is 0.856. The van der Waals surface area contributed by atoms with Crippen LogP contribution in [0.3, 0.4) is 0 Å². The van der Waals surface area contributed by atoms with Crippen molar-refractivity contribution < 1.29 is 27.7 Å². The highest BCUT2D eigenvalue weighted by Gasteiger charge is 2.27. The summed E-state index contributed by atoms with van der Waals surface area (Å²) < 4.78 is 21.1. The summed E-state index contributed by atoms with van der Waals surface area (Å²) in [5, 5.41) is 33.1. The fourth-order valence-corrected chi connectivity index (χ4v) is 15.1. The highest BCUT2D eigenvalue weighted by atomic mass is 32.1. The molecule has 10 aromatic heterocycles. The molecular formula is C102H151N18OS+5. The van der Waals surface area contributed by atoms with Crippen molar-refractivity contribution in [2.45, 2.75) is 235 Å². The van der Waals surface area contributed by atoms with Gasteiger partial charge in [0.15, 0.2) is 53.7 Å². The largest absolute Gasteiger partial charge is 0.456 e. The van der Waals surface area contributed by atoms with Crippen LogP contribution < -0.4 is 23.2 Å². The number of pyridine rings is 1. The summed E-state index contributed by atoms with van der Waals surface area (Å²) in [5.74, 6) is 0.856. The second-order valence-corrected chi connectivity index (χ2v) is 26.4. The van der Waals surface area contributed by atoms with Crippen LogP contribution in [-0.4, -0.2) is 64.0 Å². The van der Waals surface area contributed by atoms with Gasteiger partial charge >= 0.3 is 0 Å². The summed E-state index contributed by atoms with van der Waals surface area (Å²) >= 11 is 1.84. The lowest BCUT2D eigenvalue weighted by atomic mass is 9.89. The van der Waals surface area contributed by atoms with E-state index in [4.69, 9.17) is 9.52 Å². The molecule has 0 unspecified atom stereocenters. The number of hydrogen-bond donors (Lipinski definition) is 0. The lowest BCUT2D eigenvalue weighted by Gasteiger charge is -2.16. The second kappa shape index (κ2) is 53.9. The van der Waals surface area contributed by atoms with E-state index < -0.39 is 0 Å². The van der Waals surface area contributed by atoms with Crippen LogP contribution >= 0.6 is 11.3 Å². The number of rotatable bonds is 4. The maximum atomic E-state index is 5.94. The molecule has 0 aliphatic heterocycles. The molecule has 19 nitrogen and oxygen atoms in total. The van der Waals surface area contributed by atoms with Crippen LogP contribution in [0.2, 0.25) is 0 Å². The highest BCUT2D eigenvalue weighted by molar-refractivity contribution is 7.25. The monoisotopic (exact) mass is 1680 g/mol. The maximum Gasteiger partial charge on any atom is 0.290 e. The molecule has 122 heavy (non-hydrogen) atoms. The van der Waals surface area contributed by atoms with Crippen molar-refractivity contribution in [1.82, 2.24) is 64.0 Å². The van der Waals surface area contributed by atoms with Gasteiger partial charge in [-0.2, -0.15) is 0 Å². The van der Waals surface area contributed by atoms with E-state index in [1.54, 1.807) is 28.2 Å². The average Bonchev–Trinajstić information content (AvgIpc) is 1.41. The molecule has 18 rings (SSSR count). The zero-order valence-corrected chi connectivity index (χ0v) is 83.1. The Kier molecular flexibility index (Phi) is 47.0. The van der Waals surface area contributed by atoms with Crippen LogP contribution in [0.25, 0.3) is 114 Å². The minimum Gasteiger partial charge on any atom is -0.456 e. The maximum absolute atomic E-state index is 5.94. The highest BCUT2D eigenvalue weighted by Crippen LogP contribution is 2.39. The molecule has 0 radical (unpaired) electrons. The van der Waals surface area contributed by atoms with E-state index in [0.717, 1.165) is 50.4 Å². The normalized spacial score (nSPS) is 9.80. The third-order valence-electron chi connectivity index (χ3n) is 19.2. The number of para-hydroxylation sites is 3. The molecule has 0 spiro atoms. The summed E-state index contributed by atoms with van der Waals surface area (Å²) in [6, 6.07) is 45.2. The van der Waals surface area contributed by atoms with Crippen LogP contribution in [-0.2, 0) is 42.3 Å². The molecule has 0 aliphatic rings. The van der Waals surface area contributed by atoms with Gasteiger partial charge < -0.3 is 8.98 Å². The molecule has 10 heterocycles. The molecule has 0 saturated heterocycles. The van der Waals surface area contributed by atoms with Gasteiger partial charge in [0.2, 0.25) is 29.8 Å². The first kappa shape index (κ1) is 106. The molecule has 0 aliphatic carbocycles. The molecule has 0 bridgehead atoms. The van der Waals surface area contributed by atoms with E-state index in [1.165, 1.54) is 126 Å². The van der Waals surface area contributed by atoms with Crippen LogP contribution in [0, 0.1) is 69.2 Å². The van der Waals surface area contributed by atoms with E-state index in [-0.39, 0.29) is 0 Å². The van der Waals surface area contributed by atoms with Crippen molar-refractivity contribution in [3.05, 3.63) is 245 Å². The third-order valence-corrected chi connectivity index (χ3v) is 20.4. The number of fused-ring (bicyclic) bond motifs is 15. The first-order valence-corrected chi connectivity index (χ1v) is 45.5. The molecular weight excluding hydrogens is 1530 g/mol. The van der Waals surface area contributed by atoms with Crippen LogP contribution in [0.15, 0.2) is 194 Å². The van der Waals surface area contributed by atoms with E-state index in [9.17, 15) is 0 Å². The molecule has 0 N–H and O–H groups in total. The number of nitrogens with zero attached hydrogens (tertiary/aromatic N) is 18. The van der Waals surface area contributed by atoms with E-state index in [0.29, 0.717) is 0 Å². The predicted molar refractivity (Wildman–Crippen MR) is 524 cm³/mol. The number of thiophene rings is 1. The average molecular weight is 1680 g/mol. The van der Waals surface area contributed by atoms with Crippen molar-refractivity contribution in [2.24, 2.45) is 42.3 Å². The van der Waals surface area contributed by atoms with E-state index in [1.807, 2.05) is 299 Å². The number of hydrogen-bond acceptors (Lipinski definition) is 9. The fourth-order valence-electron chi connectivity index (χ4n) is 13.9. The number of benzene rings is 8. The Bertz CT molecular complexity index is 5980. The molecule has 0 atom stereocenters. The summed E-state index contributed by atoms with van der Waals surface area (Å²) in [5.41, 5.74) is 22.9. The molecule has 8 aromatic carbocycles. The Balaban J connectivity index is 0.000000489. The zero-order valence-electron chi connectivity index (χ0n) is 82.3. The molecule has 656 valence electrons. The van der Waals surface area contributed by atoms with Gasteiger partial charge in [0.25, 0.3) is 5.82 Å². The third kappa shape index (κ3) is 23.5. The number of aryl methyl sites for hydroxylation is 14.